The molecule has 22 heavy (non-hydrogen) atoms. The first-order valence-electron chi connectivity index (χ1n) is 7.51. The number of aliphatic hydroxyl groups excluding tert-OH is 5. The fourth-order valence-corrected chi connectivity index (χ4v) is 3.40. The fraction of sp³-hybridized carbons (Fsp3) is 0.857. The van der Waals surface area contributed by atoms with Crippen molar-refractivity contribution in [2.24, 2.45) is 5.92 Å². The fourth-order valence-electron chi connectivity index (χ4n) is 3.40. The summed E-state index contributed by atoms with van der Waals surface area (Å²) < 4.78 is 10.7. The average molecular weight is 317 g/mol. The number of hydrogen-bond donors (Lipinski definition) is 6. The molecule has 8 nitrogen and oxygen atoms in total. The normalized spacial score (nSPS) is 51.7. The SMILES string of the molecule is C[C@@H]1C(O)C(CO)=C[C@@H](N[C@H]2C(O)[C@@H](O)[C@H]3OC[C@@H]2O3)C1O. The minimum Gasteiger partial charge on any atom is -0.392 e. The van der Waals surface area contributed by atoms with Crippen LogP contribution in [0.2, 0.25) is 0 Å². The van der Waals surface area contributed by atoms with Gasteiger partial charge in [0.25, 0.3) is 0 Å². The standard InChI is InChI=1S/C14H23NO7/c1-5-10(17)6(3-16)2-7(11(5)18)15-9-8-4-21-14(22-8)13(20)12(9)19/h2,5,7-20H,3-4H2,1H3/t5-,7-,8+,9-,10?,11?,12?,13-,14+/m1/s1. The highest BCUT2D eigenvalue weighted by atomic mass is 16.7. The monoisotopic (exact) mass is 317 g/mol. The van der Waals surface area contributed by atoms with Gasteiger partial charge in [-0.1, -0.05) is 13.0 Å². The predicted molar refractivity (Wildman–Crippen MR) is 73.7 cm³/mol. The first-order chi connectivity index (χ1) is 10.4. The molecule has 2 aliphatic heterocycles. The molecule has 8 heteroatoms. The lowest BCUT2D eigenvalue weighted by atomic mass is 9.81. The summed E-state index contributed by atoms with van der Waals surface area (Å²) in [5, 5.41) is 52.8. The van der Waals surface area contributed by atoms with E-state index in [4.69, 9.17) is 9.47 Å². The van der Waals surface area contributed by atoms with E-state index in [2.05, 4.69) is 5.32 Å². The molecule has 126 valence electrons. The van der Waals surface area contributed by atoms with Crippen LogP contribution in [0.1, 0.15) is 6.92 Å². The van der Waals surface area contributed by atoms with Crippen LogP contribution in [-0.4, -0.2) is 87.6 Å². The second kappa shape index (κ2) is 6.14. The Morgan fingerprint density at radius 1 is 1.18 bits per heavy atom. The molecule has 0 aromatic heterocycles. The van der Waals surface area contributed by atoms with Gasteiger partial charge >= 0.3 is 0 Å². The van der Waals surface area contributed by atoms with Crippen molar-refractivity contribution in [3.05, 3.63) is 11.6 Å². The van der Waals surface area contributed by atoms with Crippen molar-refractivity contribution in [2.45, 2.75) is 55.8 Å². The van der Waals surface area contributed by atoms with E-state index in [-0.39, 0.29) is 13.2 Å². The highest BCUT2D eigenvalue weighted by molar-refractivity contribution is 5.21. The molecule has 3 unspecified atom stereocenters. The van der Waals surface area contributed by atoms with Crippen molar-refractivity contribution in [1.29, 1.82) is 0 Å². The largest absolute Gasteiger partial charge is 0.392 e. The van der Waals surface area contributed by atoms with Gasteiger partial charge < -0.3 is 40.3 Å². The molecule has 9 atom stereocenters. The van der Waals surface area contributed by atoms with Crippen LogP contribution >= 0.6 is 0 Å². The molecule has 0 aromatic carbocycles. The lowest BCUT2D eigenvalue weighted by Crippen LogP contribution is -2.64. The van der Waals surface area contributed by atoms with Gasteiger partial charge in [-0.3, -0.25) is 0 Å². The Labute approximate surface area is 128 Å². The number of rotatable bonds is 3. The first kappa shape index (κ1) is 16.3. The molecule has 0 amide bonds. The summed E-state index contributed by atoms with van der Waals surface area (Å²) in [6.45, 7) is 1.62. The van der Waals surface area contributed by atoms with E-state index >= 15 is 0 Å². The van der Waals surface area contributed by atoms with Gasteiger partial charge in [-0.25, -0.2) is 0 Å². The van der Waals surface area contributed by atoms with E-state index in [0.29, 0.717) is 5.57 Å². The van der Waals surface area contributed by atoms with Crippen molar-refractivity contribution in [1.82, 2.24) is 5.32 Å². The second-order valence-corrected chi connectivity index (χ2v) is 6.27. The van der Waals surface area contributed by atoms with E-state index in [1.54, 1.807) is 13.0 Å². The molecule has 0 aromatic rings. The third-order valence-corrected chi connectivity index (χ3v) is 4.88. The third-order valence-electron chi connectivity index (χ3n) is 4.88. The zero-order valence-electron chi connectivity index (χ0n) is 12.2. The molecule has 0 radical (unpaired) electrons. The summed E-state index contributed by atoms with van der Waals surface area (Å²) in [7, 11) is 0. The van der Waals surface area contributed by atoms with E-state index in [0.717, 1.165) is 0 Å². The topological polar surface area (TPSA) is 132 Å². The van der Waals surface area contributed by atoms with Gasteiger partial charge in [-0.2, -0.15) is 0 Å². The molecular weight excluding hydrogens is 294 g/mol. The Bertz CT molecular complexity index is 445. The number of ether oxygens (including phenoxy) is 2. The predicted octanol–water partition coefficient (Wildman–Crippen LogP) is -2.92. The Balaban J connectivity index is 1.78. The van der Waals surface area contributed by atoms with E-state index < -0.39 is 54.8 Å². The maximum Gasteiger partial charge on any atom is 0.186 e. The summed E-state index contributed by atoms with van der Waals surface area (Å²) in [5.41, 5.74) is 0.419. The zero-order chi connectivity index (χ0) is 16.0. The van der Waals surface area contributed by atoms with Crippen molar-refractivity contribution in [3.63, 3.8) is 0 Å². The number of fused-ring (bicyclic) bond motifs is 2. The van der Waals surface area contributed by atoms with Gasteiger partial charge in [0.15, 0.2) is 6.29 Å². The van der Waals surface area contributed by atoms with Crippen LogP contribution in [0.3, 0.4) is 0 Å². The summed E-state index contributed by atoms with van der Waals surface area (Å²) in [5.74, 6) is -0.469. The first-order valence-corrected chi connectivity index (χ1v) is 7.51. The van der Waals surface area contributed by atoms with E-state index in [1.165, 1.54) is 0 Å². The molecule has 2 heterocycles. The number of aliphatic hydroxyl groups is 5. The van der Waals surface area contributed by atoms with Crippen LogP contribution in [0.5, 0.6) is 0 Å². The van der Waals surface area contributed by atoms with Crippen LogP contribution < -0.4 is 5.32 Å². The van der Waals surface area contributed by atoms with Crippen molar-refractivity contribution in [2.75, 3.05) is 13.2 Å². The highest BCUT2D eigenvalue weighted by Gasteiger charge is 2.50. The lowest BCUT2D eigenvalue weighted by molar-refractivity contribution is -0.204. The molecule has 3 aliphatic rings. The molecule has 2 bridgehead atoms. The van der Waals surface area contributed by atoms with Crippen LogP contribution in [-0.2, 0) is 9.47 Å². The molecule has 3 rings (SSSR count). The highest BCUT2D eigenvalue weighted by Crippen LogP contribution is 2.30. The second-order valence-electron chi connectivity index (χ2n) is 6.27. The smallest absolute Gasteiger partial charge is 0.186 e. The molecule has 6 N–H and O–H groups in total. The average Bonchev–Trinajstić information content (AvgIpc) is 2.96. The van der Waals surface area contributed by atoms with Crippen LogP contribution in [0.15, 0.2) is 11.6 Å². The lowest BCUT2D eigenvalue weighted by Gasteiger charge is -2.41. The molecule has 2 saturated heterocycles. The summed E-state index contributed by atoms with van der Waals surface area (Å²) >= 11 is 0. The van der Waals surface area contributed by atoms with Crippen LogP contribution in [0, 0.1) is 5.92 Å². The van der Waals surface area contributed by atoms with Crippen molar-refractivity contribution >= 4 is 0 Å². The summed E-state index contributed by atoms with van der Waals surface area (Å²) in [4.78, 5) is 0. The van der Waals surface area contributed by atoms with E-state index in [1.807, 2.05) is 0 Å². The van der Waals surface area contributed by atoms with Gasteiger partial charge in [-0.05, 0) is 5.57 Å². The Morgan fingerprint density at radius 3 is 2.59 bits per heavy atom. The Morgan fingerprint density at radius 2 is 1.91 bits per heavy atom. The maximum absolute atomic E-state index is 10.3. The summed E-state index contributed by atoms with van der Waals surface area (Å²) in [6, 6.07) is -1.19. The molecule has 1 aliphatic carbocycles. The van der Waals surface area contributed by atoms with Crippen LogP contribution in [0.4, 0.5) is 0 Å². The number of hydrogen-bond acceptors (Lipinski definition) is 8. The van der Waals surface area contributed by atoms with Gasteiger partial charge in [0.2, 0.25) is 0 Å². The molecule has 0 saturated carbocycles. The molecule has 2 fully saturated rings. The van der Waals surface area contributed by atoms with Gasteiger partial charge in [-0.15, -0.1) is 0 Å². The van der Waals surface area contributed by atoms with Crippen LogP contribution in [0.25, 0.3) is 0 Å². The van der Waals surface area contributed by atoms with E-state index in [9.17, 15) is 25.5 Å². The minimum atomic E-state index is -1.17. The summed E-state index contributed by atoms with van der Waals surface area (Å²) in [6.07, 6.45) is -3.74. The van der Waals surface area contributed by atoms with Crippen molar-refractivity contribution < 1.29 is 35.0 Å². The van der Waals surface area contributed by atoms with Gasteiger partial charge in [0.05, 0.1) is 37.5 Å². The van der Waals surface area contributed by atoms with Gasteiger partial charge in [0.1, 0.15) is 18.3 Å². The quantitative estimate of drug-likeness (QED) is 0.305. The Kier molecular flexibility index (Phi) is 4.54. The van der Waals surface area contributed by atoms with Crippen molar-refractivity contribution in [3.8, 4) is 0 Å². The zero-order valence-corrected chi connectivity index (χ0v) is 12.2. The maximum atomic E-state index is 10.3. The third kappa shape index (κ3) is 2.59. The number of nitrogens with one attached hydrogen (secondary N) is 1. The molecular formula is C14H23NO7. The Hall–Kier alpha value is -0.580. The minimum absolute atomic E-state index is 0.244. The molecule has 0 spiro atoms. The van der Waals surface area contributed by atoms with Gasteiger partial charge in [0, 0.05) is 5.92 Å².